The summed E-state index contributed by atoms with van der Waals surface area (Å²) in [6.45, 7) is 0.507. The van der Waals surface area contributed by atoms with Gasteiger partial charge in [0.2, 0.25) is 5.82 Å². The fourth-order valence-electron chi connectivity index (χ4n) is 2.40. The number of benzene rings is 2. The molecular weight excluding hydrogens is 314 g/mol. The highest BCUT2D eigenvalue weighted by atomic mass is 16.5. The van der Waals surface area contributed by atoms with Gasteiger partial charge in [-0.2, -0.15) is 4.98 Å². The van der Waals surface area contributed by atoms with Gasteiger partial charge in [0.25, 0.3) is 5.89 Å². The molecule has 25 heavy (non-hydrogen) atoms. The molecule has 4 rings (SSSR count). The van der Waals surface area contributed by atoms with Gasteiger partial charge < -0.3 is 9.26 Å². The summed E-state index contributed by atoms with van der Waals surface area (Å²) in [6, 6.07) is 23.2. The smallest absolute Gasteiger partial charge is 0.258 e. The van der Waals surface area contributed by atoms with Crippen molar-refractivity contribution in [2.75, 3.05) is 0 Å². The van der Waals surface area contributed by atoms with Gasteiger partial charge in [-0.25, -0.2) is 0 Å². The lowest BCUT2D eigenvalue weighted by Gasteiger charge is -2.06. The lowest BCUT2D eigenvalue weighted by molar-refractivity contribution is 0.306. The maximum Gasteiger partial charge on any atom is 0.258 e. The van der Waals surface area contributed by atoms with Crippen LogP contribution in [-0.2, 0) is 6.61 Å². The molecule has 0 radical (unpaired) electrons. The Morgan fingerprint density at radius 1 is 0.880 bits per heavy atom. The first-order valence-corrected chi connectivity index (χ1v) is 7.91. The topological polar surface area (TPSA) is 61.0 Å². The Labute approximate surface area is 144 Å². The number of nitrogens with zero attached hydrogens (tertiary/aromatic N) is 3. The summed E-state index contributed by atoms with van der Waals surface area (Å²) in [4.78, 5) is 8.64. The van der Waals surface area contributed by atoms with Crippen molar-refractivity contribution in [2.45, 2.75) is 6.61 Å². The van der Waals surface area contributed by atoms with Gasteiger partial charge in [0.15, 0.2) is 0 Å². The molecule has 0 aliphatic rings. The van der Waals surface area contributed by atoms with Crippen molar-refractivity contribution >= 4 is 0 Å². The monoisotopic (exact) mass is 329 g/mol. The fourth-order valence-corrected chi connectivity index (χ4v) is 2.40. The van der Waals surface area contributed by atoms with Crippen LogP contribution in [0, 0.1) is 0 Å². The SMILES string of the molecule is c1ccc(COc2cccc(-c3nc(-c4ccccn4)no3)c2)cc1. The Bertz CT molecular complexity index is 953. The number of ether oxygens (including phenoxy) is 1. The van der Waals surface area contributed by atoms with Crippen LogP contribution in [0.15, 0.2) is 83.5 Å². The molecule has 2 heterocycles. The number of rotatable bonds is 5. The van der Waals surface area contributed by atoms with E-state index in [4.69, 9.17) is 9.26 Å². The maximum atomic E-state index is 5.84. The van der Waals surface area contributed by atoms with E-state index in [1.54, 1.807) is 6.20 Å². The predicted octanol–water partition coefficient (Wildman–Crippen LogP) is 4.38. The van der Waals surface area contributed by atoms with Gasteiger partial charge in [0.1, 0.15) is 18.1 Å². The molecule has 5 heteroatoms. The Morgan fingerprint density at radius 3 is 2.60 bits per heavy atom. The second-order valence-corrected chi connectivity index (χ2v) is 5.44. The van der Waals surface area contributed by atoms with Crippen molar-refractivity contribution in [3.05, 3.63) is 84.6 Å². The molecule has 0 spiro atoms. The van der Waals surface area contributed by atoms with Crippen LogP contribution in [0.3, 0.4) is 0 Å². The molecule has 0 atom stereocenters. The molecule has 0 aliphatic heterocycles. The molecule has 122 valence electrons. The van der Waals surface area contributed by atoms with Crippen LogP contribution in [0.1, 0.15) is 5.56 Å². The van der Waals surface area contributed by atoms with Crippen LogP contribution in [0.2, 0.25) is 0 Å². The highest BCUT2D eigenvalue weighted by molar-refractivity contribution is 5.59. The minimum absolute atomic E-state index is 0.436. The number of hydrogen-bond donors (Lipinski definition) is 0. The molecule has 0 unspecified atom stereocenters. The van der Waals surface area contributed by atoms with Crippen molar-refractivity contribution in [1.29, 1.82) is 0 Å². The Kier molecular flexibility index (Phi) is 4.20. The summed E-state index contributed by atoms with van der Waals surface area (Å²) < 4.78 is 11.2. The van der Waals surface area contributed by atoms with Crippen molar-refractivity contribution in [2.24, 2.45) is 0 Å². The summed E-state index contributed by atoms with van der Waals surface area (Å²) in [6.07, 6.45) is 1.70. The molecule has 5 nitrogen and oxygen atoms in total. The summed E-state index contributed by atoms with van der Waals surface area (Å²) in [5, 5.41) is 4.00. The van der Waals surface area contributed by atoms with Gasteiger partial charge in [-0.05, 0) is 35.9 Å². The van der Waals surface area contributed by atoms with E-state index in [0.29, 0.717) is 24.0 Å². The predicted molar refractivity (Wildman–Crippen MR) is 93.7 cm³/mol. The maximum absolute atomic E-state index is 5.84. The largest absolute Gasteiger partial charge is 0.489 e. The van der Waals surface area contributed by atoms with E-state index in [-0.39, 0.29) is 0 Å². The van der Waals surface area contributed by atoms with Gasteiger partial charge >= 0.3 is 0 Å². The molecule has 2 aromatic carbocycles. The van der Waals surface area contributed by atoms with E-state index in [0.717, 1.165) is 16.9 Å². The minimum Gasteiger partial charge on any atom is -0.489 e. The zero-order valence-electron chi connectivity index (χ0n) is 13.4. The normalized spacial score (nSPS) is 10.6. The molecule has 0 amide bonds. The lowest BCUT2D eigenvalue weighted by atomic mass is 10.2. The van der Waals surface area contributed by atoms with Crippen molar-refractivity contribution in [3.8, 4) is 28.7 Å². The Hall–Kier alpha value is -3.47. The summed E-state index contributed by atoms with van der Waals surface area (Å²) >= 11 is 0. The molecule has 2 aromatic heterocycles. The van der Waals surface area contributed by atoms with Crippen LogP contribution in [0.25, 0.3) is 23.0 Å². The van der Waals surface area contributed by atoms with Gasteiger partial charge in [-0.1, -0.05) is 47.6 Å². The van der Waals surface area contributed by atoms with Crippen LogP contribution >= 0.6 is 0 Å². The third kappa shape index (κ3) is 3.55. The van der Waals surface area contributed by atoms with Crippen LogP contribution in [0.4, 0.5) is 0 Å². The van der Waals surface area contributed by atoms with Crippen molar-refractivity contribution in [3.63, 3.8) is 0 Å². The lowest BCUT2D eigenvalue weighted by Crippen LogP contribution is -1.95. The van der Waals surface area contributed by atoms with Gasteiger partial charge in [-0.3, -0.25) is 4.98 Å². The van der Waals surface area contributed by atoms with Gasteiger partial charge in [0, 0.05) is 11.8 Å². The molecule has 0 bridgehead atoms. The van der Waals surface area contributed by atoms with Crippen LogP contribution in [0.5, 0.6) is 5.75 Å². The summed E-state index contributed by atoms with van der Waals surface area (Å²) in [5.74, 6) is 1.65. The van der Waals surface area contributed by atoms with E-state index >= 15 is 0 Å². The Balaban J connectivity index is 1.52. The fraction of sp³-hybridized carbons (Fsp3) is 0.0500. The number of pyridine rings is 1. The molecule has 4 aromatic rings. The molecule has 0 N–H and O–H groups in total. The zero-order chi connectivity index (χ0) is 16.9. The van der Waals surface area contributed by atoms with Crippen molar-refractivity contribution in [1.82, 2.24) is 15.1 Å². The number of aromatic nitrogens is 3. The van der Waals surface area contributed by atoms with E-state index < -0.39 is 0 Å². The second kappa shape index (κ2) is 6.97. The average molecular weight is 329 g/mol. The third-order valence-corrected chi connectivity index (χ3v) is 3.65. The second-order valence-electron chi connectivity index (χ2n) is 5.44. The molecular formula is C20H15N3O2. The summed E-state index contributed by atoms with van der Waals surface area (Å²) in [5.41, 5.74) is 2.59. The minimum atomic E-state index is 0.436. The first-order chi connectivity index (χ1) is 12.4. The van der Waals surface area contributed by atoms with E-state index in [9.17, 15) is 0 Å². The van der Waals surface area contributed by atoms with Crippen LogP contribution < -0.4 is 4.74 Å². The highest BCUT2D eigenvalue weighted by Crippen LogP contribution is 2.25. The molecule has 0 aliphatic carbocycles. The average Bonchev–Trinajstić information content (AvgIpc) is 3.18. The quantitative estimate of drug-likeness (QED) is 0.544. The standard InChI is InChI=1S/C20H15N3O2/c1-2-7-15(8-3-1)14-24-17-10-6-9-16(13-17)20-22-19(23-25-20)18-11-4-5-12-21-18/h1-13H,14H2. The summed E-state index contributed by atoms with van der Waals surface area (Å²) in [7, 11) is 0. The molecule has 0 fully saturated rings. The van der Waals surface area contributed by atoms with Gasteiger partial charge in [0.05, 0.1) is 0 Å². The number of hydrogen-bond acceptors (Lipinski definition) is 5. The first-order valence-electron chi connectivity index (χ1n) is 7.91. The molecule has 0 saturated heterocycles. The van der Waals surface area contributed by atoms with E-state index in [2.05, 4.69) is 15.1 Å². The zero-order valence-corrected chi connectivity index (χ0v) is 13.4. The van der Waals surface area contributed by atoms with Crippen molar-refractivity contribution < 1.29 is 9.26 Å². The first kappa shape index (κ1) is 15.1. The highest BCUT2D eigenvalue weighted by Gasteiger charge is 2.12. The molecule has 0 saturated carbocycles. The van der Waals surface area contributed by atoms with E-state index in [1.807, 2.05) is 72.8 Å². The third-order valence-electron chi connectivity index (χ3n) is 3.65. The Morgan fingerprint density at radius 2 is 1.76 bits per heavy atom. The van der Waals surface area contributed by atoms with Crippen LogP contribution in [-0.4, -0.2) is 15.1 Å². The van der Waals surface area contributed by atoms with E-state index in [1.165, 1.54) is 0 Å². The van der Waals surface area contributed by atoms with Gasteiger partial charge in [-0.15, -0.1) is 0 Å².